The number of rotatable bonds is 4. The Kier molecular flexibility index (Phi) is 4.88. The number of ether oxygens (including phenoxy) is 1. The highest BCUT2D eigenvalue weighted by atomic mass is 79.9. The molecule has 1 saturated heterocycles. The van der Waals surface area contributed by atoms with Gasteiger partial charge in [0.1, 0.15) is 0 Å². The SMILES string of the molecule is CC(C)[C@@H]1C[C@@](C)(C(=O)C[n+]2cc(Br)cc(Br)c2)OC1=O. The van der Waals surface area contributed by atoms with E-state index in [2.05, 4.69) is 31.9 Å². The smallest absolute Gasteiger partial charge is 0.310 e. The lowest BCUT2D eigenvalue weighted by molar-refractivity contribution is -0.685. The Morgan fingerprint density at radius 3 is 2.48 bits per heavy atom. The molecular formula is C15H18Br2NO3+. The van der Waals surface area contributed by atoms with Gasteiger partial charge in [-0.15, -0.1) is 0 Å². The molecule has 0 aromatic carbocycles. The van der Waals surface area contributed by atoms with Crippen molar-refractivity contribution in [3.8, 4) is 0 Å². The van der Waals surface area contributed by atoms with Gasteiger partial charge in [0.15, 0.2) is 18.0 Å². The molecule has 0 unspecified atom stereocenters. The summed E-state index contributed by atoms with van der Waals surface area (Å²) in [5.41, 5.74) is -1.02. The third-order valence-corrected chi connectivity index (χ3v) is 4.68. The van der Waals surface area contributed by atoms with E-state index in [1.54, 1.807) is 11.5 Å². The van der Waals surface area contributed by atoms with Crippen molar-refractivity contribution in [1.82, 2.24) is 0 Å². The predicted octanol–water partition coefficient (Wildman–Crippen LogP) is 3.05. The van der Waals surface area contributed by atoms with Gasteiger partial charge in [-0.25, -0.2) is 0 Å². The summed E-state index contributed by atoms with van der Waals surface area (Å²) >= 11 is 6.78. The van der Waals surface area contributed by atoms with Gasteiger partial charge in [-0.2, -0.15) is 4.57 Å². The number of esters is 1. The number of hydrogen-bond donors (Lipinski definition) is 0. The van der Waals surface area contributed by atoms with Crippen LogP contribution < -0.4 is 4.57 Å². The van der Waals surface area contributed by atoms with Crippen molar-refractivity contribution >= 4 is 43.6 Å². The summed E-state index contributed by atoms with van der Waals surface area (Å²) in [6.45, 7) is 5.83. The van der Waals surface area contributed by atoms with Crippen LogP contribution in [0.15, 0.2) is 27.4 Å². The molecule has 1 aliphatic heterocycles. The number of nitrogens with zero attached hydrogens (tertiary/aromatic N) is 1. The Morgan fingerprint density at radius 2 is 2.00 bits per heavy atom. The number of pyridine rings is 1. The third-order valence-electron chi connectivity index (χ3n) is 3.81. The molecule has 0 N–H and O–H groups in total. The summed E-state index contributed by atoms with van der Waals surface area (Å²) in [5, 5.41) is 0. The minimum Gasteiger partial charge on any atom is -0.451 e. The van der Waals surface area contributed by atoms with Crippen LogP contribution >= 0.6 is 31.9 Å². The molecule has 0 bridgehead atoms. The lowest BCUT2D eigenvalue weighted by atomic mass is 9.86. The van der Waals surface area contributed by atoms with Gasteiger partial charge < -0.3 is 4.74 Å². The number of halogens is 2. The molecule has 6 heteroatoms. The van der Waals surface area contributed by atoms with Crippen LogP contribution in [0.1, 0.15) is 27.2 Å². The van der Waals surface area contributed by atoms with E-state index in [0.717, 1.165) is 8.95 Å². The molecule has 114 valence electrons. The minimum absolute atomic E-state index is 0.0889. The van der Waals surface area contributed by atoms with Gasteiger partial charge in [0.25, 0.3) is 0 Å². The first kappa shape index (κ1) is 16.6. The number of carbonyl (C=O) groups excluding carboxylic acids is 2. The fourth-order valence-electron chi connectivity index (χ4n) is 2.51. The molecule has 2 heterocycles. The van der Waals surface area contributed by atoms with Crippen molar-refractivity contribution in [2.24, 2.45) is 11.8 Å². The Balaban J connectivity index is 2.15. The summed E-state index contributed by atoms with van der Waals surface area (Å²) in [4.78, 5) is 24.4. The quantitative estimate of drug-likeness (QED) is 0.556. The van der Waals surface area contributed by atoms with Gasteiger partial charge in [0.05, 0.1) is 14.9 Å². The molecule has 2 rings (SSSR count). The van der Waals surface area contributed by atoms with Crippen molar-refractivity contribution in [3.63, 3.8) is 0 Å². The lowest BCUT2D eigenvalue weighted by Gasteiger charge is -2.19. The van der Waals surface area contributed by atoms with Crippen molar-refractivity contribution in [2.75, 3.05) is 0 Å². The maximum atomic E-state index is 12.5. The van der Waals surface area contributed by atoms with Gasteiger partial charge in [-0.1, -0.05) is 13.8 Å². The molecule has 1 aliphatic rings. The zero-order valence-corrected chi connectivity index (χ0v) is 15.4. The first-order valence-electron chi connectivity index (χ1n) is 6.82. The first-order valence-corrected chi connectivity index (χ1v) is 8.41. The molecule has 1 aromatic heterocycles. The highest BCUT2D eigenvalue weighted by Crippen LogP contribution is 2.35. The van der Waals surface area contributed by atoms with E-state index >= 15 is 0 Å². The Labute approximate surface area is 141 Å². The van der Waals surface area contributed by atoms with Gasteiger partial charge in [0, 0.05) is 6.42 Å². The molecule has 4 nitrogen and oxygen atoms in total. The van der Waals surface area contributed by atoms with Crippen LogP contribution in [-0.2, 0) is 20.9 Å². The number of aromatic nitrogens is 1. The summed E-state index contributed by atoms with van der Waals surface area (Å²) in [7, 11) is 0. The van der Waals surface area contributed by atoms with E-state index in [-0.39, 0.29) is 30.1 Å². The zero-order valence-electron chi connectivity index (χ0n) is 12.2. The van der Waals surface area contributed by atoms with E-state index in [9.17, 15) is 9.59 Å². The fourth-order valence-corrected chi connectivity index (χ4v) is 3.83. The highest BCUT2D eigenvalue weighted by molar-refractivity contribution is 9.11. The van der Waals surface area contributed by atoms with Crippen molar-refractivity contribution < 1.29 is 18.9 Å². The predicted molar refractivity (Wildman–Crippen MR) is 84.5 cm³/mol. The molecule has 0 amide bonds. The van der Waals surface area contributed by atoms with Crippen molar-refractivity contribution in [2.45, 2.75) is 39.3 Å². The molecule has 0 aliphatic carbocycles. The number of ketones is 1. The molecule has 1 aromatic rings. The van der Waals surface area contributed by atoms with E-state index in [1.165, 1.54) is 0 Å². The van der Waals surface area contributed by atoms with Crippen molar-refractivity contribution in [1.29, 1.82) is 0 Å². The van der Waals surface area contributed by atoms with Gasteiger partial charge >= 0.3 is 5.97 Å². The summed E-state index contributed by atoms with van der Waals surface area (Å²) in [5.74, 6) is -0.367. The molecular weight excluding hydrogens is 402 g/mol. The lowest BCUT2D eigenvalue weighted by Crippen LogP contribution is -2.46. The molecule has 0 spiro atoms. The summed E-state index contributed by atoms with van der Waals surface area (Å²) in [6.07, 6.45) is 4.10. The topological polar surface area (TPSA) is 47.2 Å². The van der Waals surface area contributed by atoms with E-state index in [0.29, 0.717) is 6.42 Å². The first-order chi connectivity index (χ1) is 9.71. The maximum absolute atomic E-state index is 12.5. The Hall–Kier alpha value is -0.750. The van der Waals surface area contributed by atoms with Crippen LogP contribution in [0.25, 0.3) is 0 Å². The molecule has 0 radical (unpaired) electrons. The number of cyclic esters (lactones) is 1. The second-order valence-corrected chi connectivity index (χ2v) is 7.81. The average molecular weight is 420 g/mol. The summed E-state index contributed by atoms with van der Waals surface area (Å²) in [6, 6.07) is 1.90. The average Bonchev–Trinajstić information content (AvgIpc) is 2.65. The van der Waals surface area contributed by atoms with Gasteiger partial charge in [-0.05, 0) is 50.8 Å². The maximum Gasteiger partial charge on any atom is 0.310 e. The standard InChI is InChI=1S/C15H18Br2NO3/c1-9(2)12-5-15(3,21-14(12)20)13(19)8-18-6-10(16)4-11(17)7-18/h4,6-7,9,12H,5,8H2,1-3H3/q+1/t12-,15-/m0/s1. The number of carbonyl (C=O) groups is 2. The van der Waals surface area contributed by atoms with E-state index in [1.807, 2.05) is 32.3 Å². The van der Waals surface area contributed by atoms with Crippen LogP contribution in [0, 0.1) is 11.8 Å². The fraction of sp³-hybridized carbons (Fsp3) is 0.533. The second kappa shape index (κ2) is 6.16. The Morgan fingerprint density at radius 1 is 1.43 bits per heavy atom. The van der Waals surface area contributed by atoms with E-state index < -0.39 is 5.60 Å². The normalized spacial score (nSPS) is 25.2. The molecule has 2 atom stereocenters. The van der Waals surface area contributed by atoms with Crippen LogP contribution in [0.5, 0.6) is 0 Å². The molecule has 1 fully saturated rings. The third kappa shape index (κ3) is 3.72. The van der Waals surface area contributed by atoms with Crippen LogP contribution in [0.4, 0.5) is 0 Å². The summed E-state index contributed by atoms with van der Waals surface area (Å²) < 4.78 is 8.91. The number of hydrogen-bond acceptors (Lipinski definition) is 3. The molecule has 0 saturated carbocycles. The van der Waals surface area contributed by atoms with E-state index in [4.69, 9.17) is 4.74 Å². The molecule has 21 heavy (non-hydrogen) atoms. The number of Topliss-reactive ketones (excluding diaryl/α,β-unsaturated/α-hetero) is 1. The van der Waals surface area contributed by atoms with Crippen LogP contribution in [0.2, 0.25) is 0 Å². The largest absolute Gasteiger partial charge is 0.451 e. The van der Waals surface area contributed by atoms with Gasteiger partial charge in [0.2, 0.25) is 12.3 Å². The zero-order chi connectivity index (χ0) is 15.8. The van der Waals surface area contributed by atoms with Gasteiger partial charge in [-0.3, -0.25) is 9.59 Å². The minimum atomic E-state index is -1.02. The Bertz CT molecular complexity index is 568. The van der Waals surface area contributed by atoms with Crippen molar-refractivity contribution in [3.05, 3.63) is 27.4 Å². The van der Waals surface area contributed by atoms with Crippen LogP contribution in [0.3, 0.4) is 0 Å². The highest BCUT2D eigenvalue weighted by Gasteiger charge is 2.50. The van der Waals surface area contributed by atoms with Crippen LogP contribution in [-0.4, -0.2) is 17.4 Å². The second-order valence-electron chi connectivity index (χ2n) is 5.97. The monoisotopic (exact) mass is 418 g/mol.